The summed E-state index contributed by atoms with van der Waals surface area (Å²) in [6, 6.07) is 0. The van der Waals surface area contributed by atoms with Crippen molar-refractivity contribution in [3.8, 4) is 0 Å². The van der Waals surface area contributed by atoms with Gasteiger partial charge in [-0.1, -0.05) is 0 Å². The van der Waals surface area contributed by atoms with Crippen molar-refractivity contribution in [2.24, 2.45) is 5.92 Å². The minimum Gasteiger partial charge on any atom is -0.285 e. The molecule has 1 unspecified atom stereocenters. The molecule has 78 valence electrons. The van der Waals surface area contributed by atoms with E-state index in [9.17, 15) is 12.8 Å². The highest BCUT2D eigenvalue weighted by Crippen LogP contribution is 2.30. The summed E-state index contributed by atoms with van der Waals surface area (Å²) in [5.41, 5.74) is 0. The Kier molecular flexibility index (Phi) is 3.29. The Balaban J connectivity index is 2.55. The summed E-state index contributed by atoms with van der Waals surface area (Å²) in [5, 5.41) is -0.750. The van der Waals surface area contributed by atoms with Crippen LogP contribution < -0.4 is 0 Å². The van der Waals surface area contributed by atoms with Crippen LogP contribution in [-0.4, -0.2) is 24.4 Å². The van der Waals surface area contributed by atoms with Gasteiger partial charge in [-0.25, -0.2) is 4.39 Å². The topological polar surface area (TPSA) is 54.4 Å². The smallest absolute Gasteiger partial charge is 0.267 e. The lowest BCUT2D eigenvalue weighted by Crippen LogP contribution is -2.30. The van der Waals surface area contributed by atoms with E-state index >= 15 is 0 Å². The second-order valence-corrected chi connectivity index (χ2v) is 5.51. The highest BCUT2D eigenvalue weighted by Gasteiger charge is 2.31. The molecule has 0 amide bonds. The standard InChI is InChI=1S/C8H15FO3S/c1-6(13(10,11)12)7-2-4-8(9)5-3-7/h6-8H,2-5H2,1H3,(H,10,11,12). The third-order valence-corrected chi connectivity index (χ3v) is 4.16. The Bertz CT molecular complexity index is 255. The van der Waals surface area contributed by atoms with Crippen LogP contribution in [0, 0.1) is 5.92 Å². The van der Waals surface area contributed by atoms with Gasteiger partial charge in [-0.05, 0) is 38.5 Å². The first-order chi connectivity index (χ1) is 5.91. The zero-order valence-electron chi connectivity index (χ0n) is 7.61. The molecule has 0 aromatic rings. The second-order valence-electron chi connectivity index (χ2n) is 3.73. The number of halogens is 1. The molecule has 0 aromatic carbocycles. The van der Waals surface area contributed by atoms with Crippen LogP contribution in [-0.2, 0) is 10.1 Å². The zero-order valence-corrected chi connectivity index (χ0v) is 8.43. The van der Waals surface area contributed by atoms with E-state index in [1.54, 1.807) is 0 Å². The molecule has 1 atom stereocenters. The van der Waals surface area contributed by atoms with Crippen LogP contribution in [0.25, 0.3) is 0 Å². The van der Waals surface area contributed by atoms with Crippen molar-refractivity contribution < 1.29 is 17.4 Å². The van der Waals surface area contributed by atoms with Crippen LogP contribution in [0.3, 0.4) is 0 Å². The molecule has 1 fully saturated rings. The van der Waals surface area contributed by atoms with Crippen LogP contribution in [0.15, 0.2) is 0 Å². The maximum atomic E-state index is 12.7. The van der Waals surface area contributed by atoms with Gasteiger partial charge in [0.2, 0.25) is 0 Å². The van der Waals surface area contributed by atoms with Gasteiger partial charge in [0.25, 0.3) is 10.1 Å². The first kappa shape index (κ1) is 10.9. The van der Waals surface area contributed by atoms with Gasteiger partial charge in [0.1, 0.15) is 6.17 Å². The second kappa shape index (κ2) is 3.92. The molecule has 0 aromatic heterocycles. The number of alkyl halides is 1. The minimum atomic E-state index is -3.94. The molecule has 1 N–H and O–H groups in total. The van der Waals surface area contributed by atoms with E-state index in [0.717, 1.165) is 0 Å². The zero-order chi connectivity index (χ0) is 10.1. The Morgan fingerprint density at radius 3 is 2.15 bits per heavy atom. The molecular weight excluding hydrogens is 195 g/mol. The molecule has 0 aliphatic heterocycles. The monoisotopic (exact) mass is 210 g/mol. The van der Waals surface area contributed by atoms with Crippen molar-refractivity contribution in [3.63, 3.8) is 0 Å². The van der Waals surface area contributed by atoms with Gasteiger partial charge in [-0.2, -0.15) is 8.42 Å². The van der Waals surface area contributed by atoms with Crippen molar-refractivity contribution in [1.82, 2.24) is 0 Å². The summed E-state index contributed by atoms with van der Waals surface area (Å²) < 4.78 is 43.0. The number of rotatable bonds is 2. The molecule has 0 heterocycles. The fraction of sp³-hybridized carbons (Fsp3) is 1.00. The summed E-state index contributed by atoms with van der Waals surface area (Å²) >= 11 is 0. The number of hydrogen-bond donors (Lipinski definition) is 1. The maximum Gasteiger partial charge on any atom is 0.267 e. The van der Waals surface area contributed by atoms with Crippen molar-refractivity contribution in [3.05, 3.63) is 0 Å². The maximum absolute atomic E-state index is 12.7. The summed E-state index contributed by atoms with van der Waals surface area (Å²) in [7, 11) is -3.94. The molecule has 1 aliphatic rings. The van der Waals surface area contributed by atoms with E-state index in [1.165, 1.54) is 6.92 Å². The highest BCUT2D eigenvalue weighted by atomic mass is 32.2. The first-order valence-corrected chi connectivity index (χ1v) is 6.02. The summed E-state index contributed by atoms with van der Waals surface area (Å²) in [4.78, 5) is 0. The lowest BCUT2D eigenvalue weighted by atomic mass is 9.86. The molecule has 0 bridgehead atoms. The van der Waals surface area contributed by atoms with Crippen LogP contribution in [0.1, 0.15) is 32.6 Å². The van der Waals surface area contributed by atoms with Crippen molar-refractivity contribution >= 4 is 10.1 Å². The Hall–Kier alpha value is -0.160. The molecule has 1 aliphatic carbocycles. The van der Waals surface area contributed by atoms with E-state index in [1.807, 2.05) is 0 Å². The average Bonchev–Trinajstić information content (AvgIpc) is 2.03. The fourth-order valence-corrected chi connectivity index (χ4v) is 2.55. The van der Waals surface area contributed by atoms with Gasteiger partial charge < -0.3 is 0 Å². The Morgan fingerprint density at radius 1 is 1.31 bits per heavy atom. The van der Waals surface area contributed by atoms with Gasteiger partial charge in [0.15, 0.2) is 0 Å². The molecule has 0 radical (unpaired) electrons. The molecule has 0 spiro atoms. The van der Waals surface area contributed by atoms with Gasteiger partial charge in [-0.15, -0.1) is 0 Å². The lowest BCUT2D eigenvalue weighted by Gasteiger charge is -2.27. The summed E-state index contributed by atoms with van der Waals surface area (Å²) in [5.74, 6) is -0.0815. The molecule has 0 saturated heterocycles. The average molecular weight is 210 g/mol. The lowest BCUT2D eigenvalue weighted by molar-refractivity contribution is 0.203. The third kappa shape index (κ3) is 2.91. The van der Waals surface area contributed by atoms with Crippen molar-refractivity contribution in [2.75, 3.05) is 0 Å². The van der Waals surface area contributed by atoms with Crippen LogP contribution in [0.2, 0.25) is 0 Å². The molecule has 1 saturated carbocycles. The predicted molar refractivity (Wildman–Crippen MR) is 47.9 cm³/mol. The van der Waals surface area contributed by atoms with E-state index in [0.29, 0.717) is 25.7 Å². The van der Waals surface area contributed by atoms with E-state index in [-0.39, 0.29) is 5.92 Å². The van der Waals surface area contributed by atoms with Crippen molar-refractivity contribution in [2.45, 2.75) is 44.0 Å². The van der Waals surface area contributed by atoms with Gasteiger partial charge in [0, 0.05) is 0 Å². The molecule has 13 heavy (non-hydrogen) atoms. The normalized spacial score (nSPS) is 32.8. The van der Waals surface area contributed by atoms with E-state index in [2.05, 4.69) is 0 Å². The highest BCUT2D eigenvalue weighted by molar-refractivity contribution is 7.86. The Labute approximate surface area is 78.1 Å². The van der Waals surface area contributed by atoms with Crippen LogP contribution in [0.5, 0.6) is 0 Å². The predicted octanol–water partition coefficient (Wildman–Crippen LogP) is 1.79. The van der Waals surface area contributed by atoms with E-state index < -0.39 is 21.5 Å². The molecular formula is C8H15FO3S. The van der Waals surface area contributed by atoms with Crippen LogP contribution >= 0.6 is 0 Å². The largest absolute Gasteiger partial charge is 0.285 e. The summed E-state index contributed by atoms with van der Waals surface area (Å²) in [6.07, 6.45) is 1.17. The summed E-state index contributed by atoms with van der Waals surface area (Å²) in [6.45, 7) is 1.48. The van der Waals surface area contributed by atoms with Crippen molar-refractivity contribution in [1.29, 1.82) is 0 Å². The van der Waals surface area contributed by atoms with Gasteiger partial charge in [-0.3, -0.25) is 4.55 Å². The first-order valence-electron chi connectivity index (χ1n) is 4.51. The SMILES string of the molecule is CC(C1CCC(F)CC1)S(=O)(=O)O. The molecule has 5 heteroatoms. The minimum absolute atomic E-state index is 0.0815. The van der Waals surface area contributed by atoms with Gasteiger partial charge in [0.05, 0.1) is 5.25 Å². The van der Waals surface area contributed by atoms with Crippen LogP contribution in [0.4, 0.5) is 4.39 Å². The number of hydrogen-bond acceptors (Lipinski definition) is 2. The third-order valence-electron chi connectivity index (χ3n) is 2.84. The van der Waals surface area contributed by atoms with Gasteiger partial charge >= 0.3 is 0 Å². The fourth-order valence-electron chi connectivity index (χ4n) is 1.79. The molecule has 1 rings (SSSR count). The quantitative estimate of drug-likeness (QED) is 0.707. The molecule has 3 nitrogen and oxygen atoms in total. The Morgan fingerprint density at radius 2 is 1.77 bits per heavy atom. The van der Waals surface area contributed by atoms with E-state index in [4.69, 9.17) is 4.55 Å².